The Hall–Kier alpha value is -0.560. The molecule has 1 saturated heterocycles. The van der Waals surface area contributed by atoms with E-state index in [0.29, 0.717) is 36.1 Å². The molecule has 2 heterocycles. The maximum absolute atomic E-state index is 12.9. The van der Waals surface area contributed by atoms with Crippen LogP contribution in [0.4, 0.5) is 0 Å². The Balaban J connectivity index is 2.39. The van der Waals surface area contributed by atoms with Crippen LogP contribution in [0.2, 0.25) is 0 Å². The van der Waals surface area contributed by atoms with Gasteiger partial charge in [0.1, 0.15) is 16.4 Å². The molecule has 0 aromatic carbocycles. The molecule has 120 valence electrons. The number of ether oxygens (including phenoxy) is 1. The Morgan fingerprint density at radius 1 is 1.38 bits per heavy atom. The molecule has 1 aliphatic rings. The van der Waals surface area contributed by atoms with Crippen molar-refractivity contribution in [3.8, 4) is 0 Å². The SMILES string of the molecule is COC1CN(S(=O)(=O)c2c(C)oc(C)c2CCl)CCC1C. The van der Waals surface area contributed by atoms with Crippen LogP contribution in [-0.4, -0.2) is 39.0 Å². The smallest absolute Gasteiger partial charge is 0.246 e. The van der Waals surface area contributed by atoms with Crippen molar-refractivity contribution in [3.05, 3.63) is 17.1 Å². The molecule has 1 fully saturated rings. The van der Waals surface area contributed by atoms with Crippen molar-refractivity contribution in [3.63, 3.8) is 0 Å². The van der Waals surface area contributed by atoms with Crippen molar-refractivity contribution >= 4 is 21.6 Å². The summed E-state index contributed by atoms with van der Waals surface area (Å²) in [5.41, 5.74) is 0.557. The molecule has 0 spiro atoms. The summed E-state index contributed by atoms with van der Waals surface area (Å²) in [6.07, 6.45) is 0.699. The first-order valence-corrected chi connectivity index (χ1v) is 8.98. The van der Waals surface area contributed by atoms with Gasteiger partial charge in [-0.25, -0.2) is 8.42 Å². The summed E-state index contributed by atoms with van der Waals surface area (Å²) in [5.74, 6) is 1.43. The first-order chi connectivity index (χ1) is 9.82. The quantitative estimate of drug-likeness (QED) is 0.794. The summed E-state index contributed by atoms with van der Waals surface area (Å²) in [6.45, 7) is 6.34. The van der Waals surface area contributed by atoms with Gasteiger partial charge in [0.25, 0.3) is 0 Å². The second-order valence-corrected chi connectivity index (χ2v) is 7.70. The molecule has 2 unspecified atom stereocenters. The molecule has 1 aliphatic heterocycles. The second kappa shape index (κ2) is 6.28. The number of hydrogen-bond donors (Lipinski definition) is 0. The summed E-state index contributed by atoms with van der Waals surface area (Å²) in [7, 11) is -1.99. The lowest BCUT2D eigenvalue weighted by Crippen LogP contribution is -2.46. The fourth-order valence-electron chi connectivity index (χ4n) is 2.86. The largest absolute Gasteiger partial charge is 0.465 e. The van der Waals surface area contributed by atoms with E-state index in [4.69, 9.17) is 20.8 Å². The number of sulfonamides is 1. The lowest BCUT2D eigenvalue weighted by Gasteiger charge is -2.35. The standard InChI is InChI=1S/C14H22ClNO4S/c1-9-5-6-16(8-13(9)19-4)21(17,18)14-11(3)20-10(2)12(14)7-15/h9,13H,5-8H2,1-4H3. The third-order valence-electron chi connectivity index (χ3n) is 4.21. The molecule has 1 aromatic rings. The molecule has 21 heavy (non-hydrogen) atoms. The van der Waals surface area contributed by atoms with Gasteiger partial charge in [-0.3, -0.25) is 0 Å². The van der Waals surface area contributed by atoms with Gasteiger partial charge in [-0.05, 0) is 26.2 Å². The number of hydrogen-bond acceptors (Lipinski definition) is 4. The van der Waals surface area contributed by atoms with Crippen LogP contribution in [0.25, 0.3) is 0 Å². The van der Waals surface area contributed by atoms with Crippen LogP contribution in [0.5, 0.6) is 0 Å². The van der Waals surface area contributed by atoms with Gasteiger partial charge >= 0.3 is 0 Å². The lowest BCUT2D eigenvalue weighted by molar-refractivity contribution is 0.0183. The summed E-state index contributed by atoms with van der Waals surface area (Å²) in [5, 5.41) is 0. The first-order valence-electron chi connectivity index (χ1n) is 7.00. The van der Waals surface area contributed by atoms with Gasteiger partial charge in [0.05, 0.1) is 12.0 Å². The summed E-state index contributed by atoms with van der Waals surface area (Å²) >= 11 is 5.91. The number of halogens is 1. The van der Waals surface area contributed by atoms with Gasteiger partial charge in [-0.15, -0.1) is 11.6 Å². The van der Waals surface area contributed by atoms with E-state index in [2.05, 4.69) is 6.92 Å². The van der Waals surface area contributed by atoms with Gasteiger partial charge < -0.3 is 9.15 Å². The molecule has 0 N–H and O–H groups in total. The fourth-order valence-corrected chi connectivity index (χ4v) is 5.14. The van der Waals surface area contributed by atoms with Crippen molar-refractivity contribution < 1.29 is 17.6 Å². The monoisotopic (exact) mass is 335 g/mol. The zero-order valence-electron chi connectivity index (χ0n) is 12.8. The minimum absolute atomic E-state index is 0.0821. The van der Waals surface area contributed by atoms with Crippen LogP contribution in [0.15, 0.2) is 9.31 Å². The topological polar surface area (TPSA) is 59.8 Å². The number of piperidine rings is 1. The third-order valence-corrected chi connectivity index (χ3v) is 6.54. The van der Waals surface area contributed by atoms with E-state index >= 15 is 0 Å². The molecule has 0 aliphatic carbocycles. The molecule has 0 saturated carbocycles. The molecular formula is C14H22ClNO4S. The summed E-state index contributed by atoms with van der Waals surface area (Å²) in [4.78, 5) is 0.222. The van der Waals surface area contributed by atoms with Crippen molar-refractivity contribution in [1.29, 1.82) is 0 Å². The third kappa shape index (κ3) is 2.99. The number of aryl methyl sites for hydroxylation is 2. The molecule has 2 atom stereocenters. The highest BCUT2D eigenvalue weighted by Gasteiger charge is 2.37. The number of methoxy groups -OCH3 is 1. The summed E-state index contributed by atoms with van der Waals surface area (Å²) < 4.78 is 38.2. The van der Waals surface area contributed by atoms with Gasteiger partial charge in [-0.2, -0.15) is 4.31 Å². The van der Waals surface area contributed by atoms with E-state index < -0.39 is 10.0 Å². The van der Waals surface area contributed by atoms with Crippen LogP contribution < -0.4 is 0 Å². The number of furan rings is 1. The van der Waals surface area contributed by atoms with E-state index in [1.165, 1.54) is 4.31 Å². The zero-order valence-corrected chi connectivity index (χ0v) is 14.4. The van der Waals surface area contributed by atoms with Gasteiger partial charge in [0.2, 0.25) is 10.0 Å². The Morgan fingerprint density at radius 3 is 2.62 bits per heavy atom. The van der Waals surface area contributed by atoms with Crippen LogP contribution in [0.3, 0.4) is 0 Å². The molecule has 0 radical (unpaired) electrons. The van der Waals surface area contributed by atoms with Crippen molar-refractivity contribution in [2.75, 3.05) is 20.2 Å². The Labute approximate surface area is 131 Å². The molecule has 1 aromatic heterocycles. The van der Waals surface area contributed by atoms with Crippen LogP contribution >= 0.6 is 11.6 Å². The summed E-state index contributed by atoms with van der Waals surface area (Å²) in [6, 6.07) is 0. The fraction of sp³-hybridized carbons (Fsp3) is 0.714. The maximum atomic E-state index is 12.9. The highest BCUT2D eigenvalue weighted by molar-refractivity contribution is 7.89. The predicted octanol–water partition coefficient (Wildman–Crippen LogP) is 2.68. The lowest BCUT2D eigenvalue weighted by atomic mass is 9.97. The zero-order chi connectivity index (χ0) is 15.8. The first kappa shape index (κ1) is 16.8. The molecular weight excluding hydrogens is 314 g/mol. The predicted molar refractivity (Wildman–Crippen MR) is 81.1 cm³/mol. The van der Waals surface area contributed by atoms with Gasteiger partial charge in [0.15, 0.2) is 0 Å². The minimum Gasteiger partial charge on any atom is -0.465 e. The van der Waals surface area contributed by atoms with Crippen LogP contribution in [-0.2, 0) is 20.6 Å². The van der Waals surface area contributed by atoms with E-state index in [1.54, 1.807) is 21.0 Å². The molecule has 7 heteroatoms. The maximum Gasteiger partial charge on any atom is 0.246 e. The Bertz CT molecular complexity index is 611. The van der Waals surface area contributed by atoms with Crippen LogP contribution in [0.1, 0.15) is 30.4 Å². The average molecular weight is 336 g/mol. The van der Waals surface area contributed by atoms with E-state index in [-0.39, 0.29) is 16.9 Å². The van der Waals surface area contributed by atoms with E-state index in [1.807, 2.05) is 0 Å². The van der Waals surface area contributed by atoms with Crippen molar-refractivity contribution in [1.82, 2.24) is 4.31 Å². The van der Waals surface area contributed by atoms with Gasteiger partial charge in [0, 0.05) is 25.8 Å². The Kier molecular flexibility index (Phi) is 5.03. The minimum atomic E-state index is -3.61. The van der Waals surface area contributed by atoms with E-state index in [0.717, 1.165) is 6.42 Å². The second-order valence-electron chi connectivity index (χ2n) is 5.56. The van der Waals surface area contributed by atoms with Gasteiger partial charge in [-0.1, -0.05) is 6.92 Å². The molecule has 5 nitrogen and oxygen atoms in total. The Morgan fingerprint density at radius 2 is 2.05 bits per heavy atom. The highest BCUT2D eigenvalue weighted by Crippen LogP contribution is 2.32. The molecule has 2 rings (SSSR count). The van der Waals surface area contributed by atoms with Crippen molar-refractivity contribution in [2.45, 2.75) is 44.1 Å². The normalized spacial score (nSPS) is 24.4. The molecule has 0 bridgehead atoms. The van der Waals surface area contributed by atoms with Crippen LogP contribution in [0, 0.1) is 19.8 Å². The highest BCUT2D eigenvalue weighted by atomic mass is 35.5. The number of rotatable bonds is 4. The number of nitrogens with zero attached hydrogens (tertiary/aromatic N) is 1. The average Bonchev–Trinajstić information content (AvgIpc) is 2.73. The number of alkyl halides is 1. The van der Waals surface area contributed by atoms with Crippen molar-refractivity contribution in [2.24, 2.45) is 5.92 Å². The van der Waals surface area contributed by atoms with E-state index in [9.17, 15) is 8.42 Å². The molecule has 0 amide bonds.